The molecule has 0 aliphatic heterocycles. The average Bonchev–Trinajstić information content (AvgIpc) is 2.79. The van der Waals surface area contributed by atoms with E-state index in [9.17, 15) is 37.1 Å². The number of ether oxygens (including phenoxy) is 2. The molecule has 9 nitrogen and oxygen atoms in total. The number of benzene rings is 2. The summed E-state index contributed by atoms with van der Waals surface area (Å²) in [5.74, 6) is -3.24. The standard InChI is InChI=1S/C22H14ClF4N3O6/c1-29-18(22(25,26)27)10-19(31)30(21(29)34)13-9-17(11(23)8-12(13)24)36-15-5-3-2-4-14(15)35-16(6-7-28)20(32)33/h2-5,8-10,16H,6H2,1H3,(H,32,33). The van der Waals surface area contributed by atoms with E-state index in [-0.39, 0.29) is 37.5 Å². The molecule has 0 aliphatic carbocycles. The highest BCUT2D eigenvalue weighted by Gasteiger charge is 2.35. The number of rotatable bonds is 7. The van der Waals surface area contributed by atoms with Crippen molar-refractivity contribution < 1.29 is 36.9 Å². The van der Waals surface area contributed by atoms with Gasteiger partial charge in [-0.25, -0.2) is 18.5 Å². The van der Waals surface area contributed by atoms with E-state index < -0.39 is 53.1 Å². The van der Waals surface area contributed by atoms with Gasteiger partial charge in [0.1, 0.15) is 17.3 Å². The summed E-state index contributed by atoms with van der Waals surface area (Å²) in [7, 11) is 0.764. The van der Waals surface area contributed by atoms with Crippen LogP contribution >= 0.6 is 11.6 Å². The lowest BCUT2D eigenvalue weighted by molar-refractivity contribution is -0.145. The van der Waals surface area contributed by atoms with Crippen LogP contribution in [0.15, 0.2) is 52.1 Å². The van der Waals surface area contributed by atoms with Crippen molar-refractivity contribution in [1.29, 1.82) is 5.26 Å². The fourth-order valence-electron chi connectivity index (χ4n) is 3.05. The summed E-state index contributed by atoms with van der Waals surface area (Å²) in [5.41, 5.74) is -5.22. The maximum Gasteiger partial charge on any atom is 0.431 e. The summed E-state index contributed by atoms with van der Waals surface area (Å²) in [6, 6.07) is 8.87. The molecule has 3 aromatic rings. The smallest absolute Gasteiger partial charge is 0.431 e. The van der Waals surface area contributed by atoms with E-state index in [1.54, 1.807) is 6.07 Å². The summed E-state index contributed by atoms with van der Waals surface area (Å²) in [4.78, 5) is 36.2. The van der Waals surface area contributed by atoms with Gasteiger partial charge in [-0.15, -0.1) is 0 Å². The van der Waals surface area contributed by atoms with Crippen LogP contribution < -0.4 is 20.7 Å². The number of hydrogen-bond acceptors (Lipinski definition) is 6. The molecule has 1 N–H and O–H groups in total. The first kappa shape index (κ1) is 26.3. The number of hydrogen-bond donors (Lipinski definition) is 1. The van der Waals surface area contributed by atoms with Gasteiger partial charge in [0.05, 0.1) is 23.2 Å². The Balaban J connectivity index is 2.10. The summed E-state index contributed by atoms with van der Waals surface area (Å²) < 4.78 is 65.3. The molecule has 0 aliphatic rings. The zero-order chi connectivity index (χ0) is 26.8. The van der Waals surface area contributed by atoms with Crippen LogP contribution in [-0.2, 0) is 18.0 Å². The lowest BCUT2D eigenvalue weighted by Gasteiger charge is -2.17. The van der Waals surface area contributed by atoms with Gasteiger partial charge >= 0.3 is 17.8 Å². The fourth-order valence-corrected chi connectivity index (χ4v) is 3.24. The second-order valence-corrected chi connectivity index (χ2v) is 7.54. The average molecular weight is 528 g/mol. The maximum absolute atomic E-state index is 14.7. The molecule has 0 spiro atoms. The van der Waals surface area contributed by atoms with E-state index >= 15 is 0 Å². The molecule has 0 amide bonds. The first-order valence-corrected chi connectivity index (χ1v) is 10.2. The summed E-state index contributed by atoms with van der Waals surface area (Å²) in [5, 5.41) is 17.7. The van der Waals surface area contributed by atoms with E-state index in [1.807, 2.05) is 0 Å². The van der Waals surface area contributed by atoms with Crippen LogP contribution in [0.5, 0.6) is 17.2 Å². The first-order valence-electron chi connectivity index (χ1n) is 9.78. The Morgan fingerprint density at radius 3 is 2.39 bits per heavy atom. The minimum absolute atomic E-state index is 0.131. The molecule has 0 fully saturated rings. The Bertz CT molecular complexity index is 1490. The van der Waals surface area contributed by atoms with Gasteiger partial charge in [0.15, 0.2) is 11.5 Å². The molecule has 2 aromatic carbocycles. The lowest BCUT2D eigenvalue weighted by atomic mass is 10.2. The van der Waals surface area contributed by atoms with Crippen molar-refractivity contribution in [3.8, 4) is 29.0 Å². The number of aliphatic carboxylic acids is 1. The summed E-state index contributed by atoms with van der Waals surface area (Å²) in [6.07, 6.45) is -7.06. The minimum atomic E-state index is -5.01. The Labute approximate surface area is 203 Å². The highest BCUT2D eigenvalue weighted by Crippen LogP contribution is 2.37. The fraction of sp³-hybridized carbons (Fsp3) is 0.182. The molecular weight excluding hydrogens is 514 g/mol. The highest BCUT2D eigenvalue weighted by atomic mass is 35.5. The van der Waals surface area contributed by atoms with Gasteiger partial charge in [-0.3, -0.25) is 9.36 Å². The predicted octanol–water partition coefficient (Wildman–Crippen LogP) is 3.89. The summed E-state index contributed by atoms with van der Waals surface area (Å²) in [6.45, 7) is 0. The molecule has 0 saturated carbocycles. The van der Waals surface area contributed by atoms with Gasteiger partial charge in [0.2, 0.25) is 6.10 Å². The van der Waals surface area contributed by atoms with Crippen molar-refractivity contribution in [3.63, 3.8) is 0 Å². The van der Waals surface area contributed by atoms with Crippen LogP contribution in [0.3, 0.4) is 0 Å². The molecule has 1 atom stereocenters. The molecule has 0 radical (unpaired) electrons. The summed E-state index contributed by atoms with van der Waals surface area (Å²) >= 11 is 6.03. The zero-order valence-electron chi connectivity index (χ0n) is 18.0. The van der Waals surface area contributed by atoms with Gasteiger partial charge < -0.3 is 14.6 Å². The van der Waals surface area contributed by atoms with Crippen LogP contribution in [0.1, 0.15) is 12.1 Å². The number of halogens is 5. The number of alkyl halides is 3. The van der Waals surface area contributed by atoms with Gasteiger partial charge in [0, 0.05) is 19.2 Å². The molecule has 1 heterocycles. The maximum atomic E-state index is 14.7. The topological polar surface area (TPSA) is 124 Å². The molecule has 14 heteroatoms. The third-order valence-corrected chi connectivity index (χ3v) is 5.04. The van der Waals surface area contributed by atoms with Gasteiger partial charge in [-0.2, -0.15) is 18.4 Å². The minimum Gasteiger partial charge on any atom is -0.478 e. The first-order chi connectivity index (χ1) is 16.8. The second kappa shape index (κ2) is 10.1. The van der Waals surface area contributed by atoms with Crippen LogP contribution in [0.25, 0.3) is 5.69 Å². The van der Waals surface area contributed by atoms with E-state index in [1.165, 1.54) is 24.3 Å². The van der Waals surface area contributed by atoms with Crippen molar-refractivity contribution in [1.82, 2.24) is 9.13 Å². The van der Waals surface area contributed by atoms with Gasteiger partial charge in [-0.1, -0.05) is 23.7 Å². The van der Waals surface area contributed by atoms with E-state index in [4.69, 9.17) is 26.3 Å². The number of carboxylic acids is 1. The van der Waals surface area contributed by atoms with E-state index in [0.717, 1.165) is 13.1 Å². The Kier molecular flexibility index (Phi) is 7.40. The van der Waals surface area contributed by atoms with E-state index in [0.29, 0.717) is 6.07 Å². The van der Waals surface area contributed by atoms with Crippen molar-refractivity contribution in [2.75, 3.05) is 0 Å². The number of carbonyl (C=O) groups is 1. The number of para-hydroxylation sites is 2. The molecule has 188 valence electrons. The third-order valence-electron chi connectivity index (χ3n) is 4.74. The van der Waals surface area contributed by atoms with Crippen LogP contribution in [0.2, 0.25) is 5.02 Å². The van der Waals surface area contributed by atoms with Crippen LogP contribution in [-0.4, -0.2) is 26.3 Å². The number of carboxylic acid groups (broad SMARTS) is 1. The third kappa shape index (κ3) is 5.33. The number of aromatic nitrogens is 2. The van der Waals surface area contributed by atoms with Crippen molar-refractivity contribution in [2.24, 2.45) is 7.05 Å². The number of nitriles is 1. The molecule has 36 heavy (non-hydrogen) atoms. The molecule has 0 saturated heterocycles. The molecule has 3 rings (SSSR count). The molecule has 1 unspecified atom stereocenters. The molecule has 0 bridgehead atoms. The van der Waals surface area contributed by atoms with Gasteiger partial charge in [0.25, 0.3) is 5.56 Å². The second-order valence-electron chi connectivity index (χ2n) is 7.13. The lowest BCUT2D eigenvalue weighted by Crippen LogP contribution is -2.41. The largest absolute Gasteiger partial charge is 0.478 e. The molecule has 1 aromatic heterocycles. The van der Waals surface area contributed by atoms with Crippen molar-refractivity contribution in [3.05, 3.63) is 79.8 Å². The highest BCUT2D eigenvalue weighted by molar-refractivity contribution is 6.32. The Morgan fingerprint density at radius 2 is 1.81 bits per heavy atom. The zero-order valence-corrected chi connectivity index (χ0v) is 18.8. The van der Waals surface area contributed by atoms with Crippen molar-refractivity contribution >= 4 is 17.6 Å². The number of nitrogens with zero attached hydrogens (tertiary/aromatic N) is 3. The quantitative estimate of drug-likeness (QED) is 0.462. The normalized spacial score (nSPS) is 12.0. The Hall–Kier alpha value is -4.31. The molecular formula is C22H14ClF4N3O6. The van der Waals surface area contributed by atoms with Crippen LogP contribution in [0, 0.1) is 17.1 Å². The predicted molar refractivity (Wildman–Crippen MR) is 116 cm³/mol. The van der Waals surface area contributed by atoms with Gasteiger partial charge in [-0.05, 0) is 18.2 Å². The van der Waals surface area contributed by atoms with Crippen LogP contribution in [0.4, 0.5) is 17.6 Å². The van der Waals surface area contributed by atoms with Crippen molar-refractivity contribution in [2.45, 2.75) is 18.7 Å². The van der Waals surface area contributed by atoms with E-state index in [2.05, 4.69) is 0 Å². The monoisotopic (exact) mass is 527 g/mol. The Morgan fingerprint density at radius 1 is 1.17 bits per heavy atom. The SMILES string of the molecule is Cn1c(C(F)(F)F)cc(=O)n(-c2cc(Oc3ccccc3OC(CC#N)C(=O)O)c(Cl)cc2F)c1=O.